The van der Waals surface area contributed by atoms with Crippen molar-refractivity contribution in [2.75, 3.05) is 27.3 Å². The zero-order valence-corrected chi connectivity index (χ0v) is 16.7. The third-order valence-corrected chi connectivity index (χ3v) is 5.54. The lowest BCUT2D eigenvalue weighted by Crippen LogP contribution is -2.38. The number of carbonyl (C=O) groups excluding carboxylic acids is 1. The summed E-state index contributed by atoms with van der Waals surface area (Å²) in [6.45, 7) is 1.50. The molecule has 0 atom stereocenters. The largest absolute Gasteiger partial charge is 0.493 e. The predicted octanol–water partition coefficient (Wildman–Crippen LogP) is 4.11. The van der Waals surface area contributed by atoms with E-state index < -0.39 is 0 Å². The molecule has 1 fully saturated rings. The quantitative estimate of drug-likeness (QED) is 0.711. The number of aromatic amines is 1. The Labute approximate surface area is 170 Å². The molecule has 0 unspecified atom stereocenters. The molecule has 1 aromatic heterocycles. The van der Waals surface area contributed by atoms with Gasteiger partial charge in [-0.05, 0) is 48.2 Å². The maximum absolute atomic E-state index is 12.9. The Balaban J connectivity index is 1.43. The standard InChI is InChI=1S/C23H25N3O3/c1-28-20-8-7-19(15-21(20)29-2)16-3-5-18(6-4-16)23(27)26-13-9-17(10-14-26)22-24-11-12-25-22/h3-8,11-12,15,17H,9-10,13-14H2,1-2H3,(H,24,25). The van der Waals surface area contributed by atoms with Gasteiger partial charge in [0.05, 0.1) is 14.2 Å². The van der Waals surface area contributed by atoms with Crippen LogP contribution >= 0.6 is 0 Å². The Kier molecular flexibility index (Phi) is 5.51. The van der Waals surface area contributed by atoms with Gasteiger partial charge < -0.3 is 19.4 Å². The van der Waals surface area contributed by atoms with Crippen LogP contribution in [0, 0.1) is 0 Å². The number of benzene rings is 2. The van der Waals surface area contributed by atoms with Crippen molar-refractivity contribution in [1.82, 2.24) is 14.9 Å². The molecule has 1 amide bonds. The number of H-pyrrole nitrogens is 1. The molecular formula is C23H25N3O3. The summed E-state index contributed by atoms with van der Waals surface area (Å²) in [4.78, 5) is 22.4. The van der Waals surface area contributed by atoms with Crippen molar-refractivity contribution in [3.05, 3.63) is 66.2 Å². The number of methoxy groups -OCH3 is 2. The molecule has 1 saturated heterocycles. The molecular weight excluding hydrogens is 366 g/mol. The molecule has 150 valence electrons. The van der Waals surface area contributed by atoms with Gasteiger partial charge in [-0.1, -0.05) is 18.2 Å². The molecule has 29 heavy (non-hydrogen) atoms. The van der Waals surface area contributed by atoms with E-state index >= 15 is 0 Å². The second kappa shape index (κ2) is 8.39. The summed E-state index contributed by atoms with van der Waals surface area (Å²) < 4.78 is 10.7. The van der Waals surface area contributed by atoms with Crippen molar-refractivity contribution in [2.24, 2.45) is 0 Å². The number of carbonyl (C=O) groups is 1. The normalized spacial score (nSPS) is 14.6. The molecule has 2 heterocycles. The highest BCUT2D eigenvalue weighted by molar-refractivity contribution is 5.94. The van der Waals surface area contributed by atoms with Crippen molar-refractivity contribution in [2.45, 2.75) is 18.8 Å². The summed E-state index contributed by atoms with van der Waals surface area (Å²) in [5, 5.41) is 0. The van der Waals surface area contributed by atoms with Gasteiger partial charge in [-0.2, -0.15) is 0 Å². The number of nitrogens with zero attached hydrogens (tertiary/aromatic N) is 2. The predicted molar refractivity (Wildman–Crippen MR) is 111 cm³/mol. The lowest BCUT2D eigenvalue weighted by molar-refractivity contribution is 0.0711. The molecule has 0 radical (unpaired) electrons. The van der Waals surface area contributed by atoms with Crippen LogP contribution in [0.2, 0.25) is 0 Å². The molecule has 1 aliphatic rings. The molecule has 0 bridgehead atoms. The summed E-state index contributed by atoms with van der Waals surface area (Å²) in [6.07, 6.45) is 5.51. The van der Waals surface area contributed by atoms with E-state index in [-0.39, 0.29) is 5.91 Å². The number of ether oxygens (including phenoxy) is 2. The number of amides is 1. The fourth-order valence-corrected chi connectivity index (χ4v) is 3.86. The van der Waals surface area contributed by atoms with Crippen molar-refractivity contribution >= 4 is 5.91 Å². The number of hydrogen-bond acceptors (Lipinski definition) is 4. The van der Waals surface area contributed by atoms with Gasteiger partial charge in [0.15, 0.2) is 11.5 Å². The van der Waals surface area contributed by atoms with E-state index in [1.807, 2.05) is 53.6 Å². The topological polar surface area (TPSA) is 67.5 Å². The molecule has 4 rings (SSSR count). The van der Waals surface area contributed by atoms with E-state index in [4.69, 9.17) is 9.47 Å². The van der Waals surface area contributed by atoms with Gasteiger partial charge in [-0.25, -0.2) is 4.98 Å². The van der Waals surface area contributed by atoms with Crippen LogP contribution in [-0.2, 0) is 0 Å². The van der Waals surface area contributed by atoms with Gasteiger partial charge in [0.2, 0.25) is 0 Å². The smallest absolute Gasteiger partial charge is 0.253 e. The SMILES string of the molecule is COc1ccc(-c2ccc(C(=O)N3CCC(c4ncc[nH]4)CC3)cc2)cc1OC. The van der Waals surface area contributed by atoms with Gasteiger partial charge in [-0.3, -0.25) is 4.79 Å². The van der Waals surface area contributed by atoms with Crippen molar-refractivity contribution < 1.29 is 14.3 Å². The molecule has 2 aromatic carbocycles. The molecule has 1 aliphatic heterocycles. The Morgan fingerprint density at radius 2 is 1.69 bits per heavy atom. The third kappa shape index (κ3) is 3.97. The fraction of sp³-hybridized carbons (Fsp3) is 0.304. The van der Waals surface area contributed by atoms with E-state index in [9.17, 15) is 4.79 Å². The van der Waals surface area contributed by atoms with Crippen LogP contribution in [0.1, 0.15) is 34.9 Å². The fourth-order valence-electron chi connectivity index (χ4n) is 3.86. The van der Waals surface area contributed by atoms with Crippen molar-refractivity contribution in [3.63, 3.8) is 0 Å². The highest BCUT2D eigenvalue weighted by atomic mass is 16.5. The average molecular weight is 391 g/mol. The second-order valence-corrected chi connectivity index (χ2v) is 7.19. The first kappa shape index (κ1) is 19.1. The number of nitrogens with one attached hydrogen (secondary N) is 1. The van der Waals surface area contributed by atoms with Gasteiger partial charge in [0.1, 0.15) is 5.82 Å². The van der Waals surface area contributed by atoms with Crippen LogP contribution in [0.3, 0.4) is 0 Å². The molecule has 6 heteroatoms. The summed E-state index contributed by atoms with van der Waals surface area (Å²) in [7, 11) is 3.24. The van der Waals surface area contributed by atoms with Crippen molar-refractivity contribution in [3.8, 4) is 22.6 Å². The number of rotatable bonds is 5. The van der Waals surface area contributed by atoms with Crippen LogP contribution < -0.4 is 9.47 Å². The van der Waals surface area contributed by atoms with E-state index in [1.165, 1.54) is 0 Å². The van der Waals surface area contributed by atoms with Crippen LogP contribution in [0.25, 0.3) is 11.1 Å². The first-order valence-corrected chi connectivity index (χ1v) is 9.80. The number of hydrogen-bond donors (Lipinski definition) is 1. The number of piperidine rings is 1. The summed E-state index contributed by atoms with van der Waals surface area (Å²) >= 11 is 0. The third-order valence-electron chi connectivity index (χ3n) is 5.54. The van der Waals surface area contributed by atoms with Gasteiger partial charge in [0, 0.05) is 37.0 Å². The number of imidazole rings is 1. The summed E-state index contributed by atoms with van der Waals surface area (Å²) in [5.41, 5.74) is 2.76. The molecule has 0 saturated carbocycles. The van der Waals surface area contributed by atoms with Crippen LogP contribution in [0.4, 0.5) is 0 Å². The summed E-state index contributed by atoms with van der Waals surface area (Å²) in [5.74, 6) is 2.89. The second-order valence-electron chi connectivity index (χ2n) is 7.19. The van der Waals surface area contributed by atoms with E-state index in [0.29, 0.717) is 23.0 Å². The Morgan fingerprint density at radius 1 is 1.00 bits per heavy atom. The van der Waals surface area contributed by atoms with Crippen LogP contribution in [-0.4, -0.2) is 48.1 Å². The maximum Gasteiger partial charge on any atom is 0.253 e. The van der Waals surface area contributed by atoms with Gasteiger partial charge in [-0.15, -0.1) is 0 Å². The number of aromatic nitrogens is 2. The summed E-state index contributed by atoms with van der Waals surface area (Å²) in [6, 6.07) is 13.6. The van der Waals surface area contributed by atoms with Crippen molar-refractivity contribution in [1.29, 1.82) is 0 Å². The van der Waals surface area contributed by atoms with Crippen LogP contribution in [0.15, 0.2) is 54.9 Å². The van der Waals surface area contributed by atoms with E-state index in [2.05, 4.69) is 9.97 Å². The minimum Gasteiger partial charge on any atom is -0.493 e. The Bertz CT molecular complexity index is 960. The zero-order chi connectivity index (χ0) is 20.2. The number of likely N-dealkylation sites (tertiary alicyclic amines) is 1. The van der Waals surface area contributed by atoms with E-state index in [0.717, 1.165) is 42.9 Å². The average Bonchev–Trinajstić information content (AvgIpc) is 3.33. The zero-order valence-electron chi connectivity index (χ0n) is 16.7. The molecule has 3 aromatic rings. The highest BCUT2D eigenvalue weighted by Crippen LogP contribution is 2.32. The molecule has 0 aliphatic carbocycles. The monoisotopic (exact) mass is 391 g/mol. The molecule has 6 nitrogen and oxygen atoms in total. The molecule has 1 N–H and O–H groups in total. The van der Waals surface area contributed by atoms with E-state index in [1.54, 1.807) is 20.4 Å². The van der Waals surface area contributed by atoms with Gasteiger partial charge in [0.25, 0.3) is 5.91 Å². The Hall–Kier alpha value is -3.28. The minimum absolute atomic E-state index is 0.0850. The van der Waals surface area contributed by atoms with Gasteiger partial charge >= 0.3 is 0 Å². The lowest BCUT2D eigenvalue weighted by Gasteiger charge is -2.31. The lowest BCUT2D eigenvalue weighted by atomic mass is 9.95. The highest BCUT2D eigenvalue weighted by Gasteiger charge is 2.25. The Morgan fingerprint density at radius 3 is 2.31 bits per heavy atom. The first-order chi connectivity index (χ1) is 14.2. The maximum atomic E-state index is 12.9. The minimum atomic E-state index is 0.0850. The first-order valence-electron chi connectivity index (χ1n) is 9.80. The van der Waals surface area contributed by atoms with Crippen LogP contribution in [0.5, 0.6) is 11.5 Å². The molecule has 0 spiro atoms.